The van der Waals surface area contributed by atoms with Crippen LogP contribution in [0.2, 0.25) is 0 Å². The Kier molecular flexibility index (Phi) is 7.37. The van der Waals surface area contributed by atoms with Gasteiger partial charge in [-0.05, 0) is 60.9 Å². The number of anilines is 2. The number of nitrogens with one attached hydrogen (secondary N) is 2. The number of hydrogen-bond donors (Lipinski definition) is 2. The monoisotopic (exact) mass is 509 g/mol. The van der Waals surface area contributed by atoms with Crippen molar-refractivity contribution in [3.05, 3.63) is 86.1 Å². The van der Waals surface area contributed by atoms with Crippen molar-refractivity contribution in [3.8, 4) is 0 Å². The number of carbonyl (C=O) groups excluding carboxylic acids is 2. The van der Waals surface area contributed by atoms with Crippen molar-refractivity contribution in [1.82, 2.24) is 10.2 Å². The van der Waals surface area contributed by atoms with Crippen LogP contribution in [0.3, 0.4) is 0 Å². The highest BCUT2D eigenvalue weighted by molar-refractivity contribution is 7.80. The molecule has 2 N–H and O–H groups in total. The molecule has 1 aliphatic rings. The van der Waals surface area contributed by atoms with E-state index in [0.717, 1.165) is 23.7 Å². The molecular weight excluding hydrogens is 486 g/mol. The molecule has 0 aliphatic carbocycles. The Morgan fingerprint density at radius 2 is 1.74 bits per heavy atom. The summed E-state index contributed by atoms with van der Waals surface area (Å²) < 4.78 is 0. The molecule has 9 nitrogen and oxygen atoms in total. The van der Waals surface area contributed by atoms with Crippen LogP contribution in [0.25, 0.3) is 0 Å². The lowest BCUT2D eigenvalue weighted by molar-refractivity contribution is -0.385. The van der Waals surface area contributed by atoms with E-state index in [2.05, 4.69) is 15.5 Å². The van der Waals surface area contributed by atoms with Crippen LogP contribution in [0.15, 0.2) is 60.0 Å². The number of benzene rings is 2. The number of thiophene rings is 1. The number of rotatable bonds is 5. The van der Waals surface area contributed by atoms with Crippen LogP contribution in [0.1, 0.15) is 25.6 Å². The van der Waals surface area contributed by atoms with E-state index in [9.17, 15) is 19.7 Å². The fraction of sp³-hybridized carbons (Fsp3) is 0.208. The van der Waals surface area contributed by atoms with Gasteiger partial charge in [0.1, 0.15) is 0 Å². The van der Waals surface area contributed by atoms with Gasteiger partial charge in [-0.2, -0.15) is 0 Å². The molecule has 0 bridgehead atoms. The minimum absolute atomic E-state index is 0.0788. The highest BCUT2D eigenvalue weighted by atomic mass is 32.1. The zero-order chi connectivity index (χ0) is 24.9. The Balaban J connectivity index is 1.30. The average Bonchev–Trinajstić information content (AvgIpc) is 3.39. The number of piperazine rings is 1. The summed E-state index contributed by atoms with van der Waals surface area (Å²) in [4.78, 5) is 40.5. The largest absolute Gasteiger partial charge is 0.368 e. The standard InChI is InChI=1S/C24H23N5O4S2/c1-16-19(4-2-5-20(16)29(32)33)22(30)26-24(34)25-17-7-9-18(10-8-17)27-11-13-28(14-12-27)23(31)21-6-3-15-35-21/h2-10,15H,11-14H2,1H3,(H2,25,26,30,34). The summed E-state index contributed by atoms with van der Waals surface area (Å²) in [7, 11) is 0. The second-order valence-corrected chi connectivity index (χ2v) is 9.27. The number of hydrogen-bond acceptors (Lipinski definition) is 7. The van der Waals surface area contributed by atoms with Crippen LogP contribution in [0.4, 0.5) is 17.1 Å². The minimum atomic E-state index is -0.522. The van der Waals surface area contributed by atoms with Crippen LogP contribution >= 0.6 is 23.6 Å². The summed E-state index contributed by atoms with van der Waals surface area (Å²) in [5, 5.41) is 18.6. The van der Waals surface area contributed by atoms with E-state index < -0.39 is 10.8 Å². The van der Waals surface area contributed by atoms with Crippen molar-refractivity contribution in [3.63, 3.8) is 0 Å². The molecular formula is C24H23N5O4S2. The first-order valence-corrected chi connectivity index (χ1v) is 12.2. The zero-order valence-corrected chi connectivity index (χ0v) is 20.5. The number of thiocarbonyl (C=S) groups is 1. The first-order valence-electron chi connectivity index (χ1n) is 10.9. The van der Waals surface area contributed by atoms with E-state index in [1.165, 1.54) is 36.5 Å². The predicted octanol–water partition coefficient (Wildman–Crippen LogP) is 4.05. The Bertz CT molecular complexity index is 1250. The summed E-state index contributed by atoms with van der Waals surface area (Å²) in [6.07, 6.45) is 0. The lowest BCUT2D eigenvalue weighted by Gasteiger charge is -2.36. The molecule has 0 saturated carbocycles. The van der Waals surface area contributed by atoms with Gasteiger partial charge in [0, 0.05) is 54.7 Å². The minimum Gasteiger partial charge on any atom is -0.368 e. The first-order chi connectivity index (χ1) is 16.8. The SMILES string of the molecule is Cc1c(C(=O)NC(=S)Nc2ccc(N3CCN(C(=O)c4cccs4)CC3)cc2)cccc1[N+](=O)[O-]. The van der Waals surface area contributed by atoms with E-state index in [0.29, 0.717) is 18.8 Å². The van der Waals surface area contributed by atoms with Gasteiger partial charge in [0.25, 0.3) is 17.5 Å². The van der Waals surface area contributed by atoms with Crippen LogP contribution < -0.4 is 15.5 Å². The molecule has 0 unspecified atom stereocenters. The Hall–Kier alpha value is -3.83. The number of carbonyl (C=O) groups is 2. The quantitative estimate of drug-likeness (QED) is 0.303. The van der Waals surface area contributed by atoms with Gasteiger partial charge in [-0.3, -0.25) is 25.0 Å². The number of nitrogens with zero attached hydrogens (tertiary/aromatic N) is 3. The molecule has 3 aromatic rings. The van der Waals surface area contributed by atoms with Gasteiger partial charge >= 0.3 is 0 Å². The van der Waals surface area contributed by atoms with Gasteiger partial charge in [-0.25, -0.2) is 0 Å². The van der Waals surface area contributed by atoms with E-state index in [1.54, 1.807) is 0 Å². The maximum absolute atomic E-state index is 12.6. The normalized spacial score (nSPS) is 13.3. The van der Waals surface area contributed by atoms with Gasteiger partial charge in [0.05, 0.1) is 9.80 Å². The number of nitro benzene ring substituents is 1. The summed E-state index contributed by atoms with van der Waals surface area (Å²) in [6.45, 7) is 4.32. The van der Waals surface area contributed by atoms with Gasteiger partial charge in [-0.15, -0.1) is 11.3 Å². The summed E-state index contributed by atoms with van der Waals surface area (Å²) in [6, 6.07) is 15.7. The first kappa shape index (κ1) is 24.3. The van der Waals surface area contributed by atoms with E-state index in [1.807, 2.05) is 46.7 Å². The number of amides is 2. The molecule has 1 aromatic heterocycles. The molecule has 0 atom stereocenters. The fourth-order valence-electron chi connectivity index (χ4n) is 3.88. The second kappa shape index (κ2) is 10.6. The lowest BCUT2D eigenvalue weighted by Crippen LogP contribution is -2.48. The molecule has 1 fully saturated rings. The van der Waals surface area contributed by atoms with Crippen molar-refractivity contribution < 1.29 is 14.5 Å². The molecule has 0 radical (unpaired) electrons. The van der Waals surface area contributed by atoms with Crippen molar-refractivity contribution in [2.24, 2.45) is 0 Å². The number of nitro groups is 1. The smallest absolute Gasteiger partial charge is 0.273 e. The third-order valence-corrected chi connectivity index (χ3v) is 6.82. The molecule has 4 rings (SSSR count). The molecule has 2 amide bonds. The van der Waals surface area contributed by atoms with E-state index in [-0.39, 0.29) is 27.8 Å². The van der Waals surface area contributed by atoms with Crippen LogP contribution in [-0.2, 0) is 0 Å². The Morgan fingerprint density at radius 1 is 1.03 bits per heavy atom. The molecule has 180 valence electrons. The second-order valence-electron chi connectivity index (χ2n) is 7.92. The summed E-state index contributed by atoms with van der Waals surface area (Å²) in [5.41, 5.74) is 2.07. The van der Waals surface area contributed by atoms with Crippen molar-refractivity contribution in [2.45, 2.75) is 6.92 Å². The van der Waals surface area contributed by atoms with E-state index in [4.69, 9.17) is 12.2 Å². The molecule has 11 heteroatoms. The van der Waals surface area contributed by atoms with Crippen molar-refractivity contribution in [2.75, 3.05) is 36.4 Å². The third kappa shape index (κ3) is 5.64. The summed E-state index contributed by atoms with van der Waals surface area (Å²) >= 11 is 6.70. The highest BCUT2D eigenvalue weighted by Crippen LogP contribution is 2.22. The fourth-order valence-corrected chi connectivity index (χ4v) is 4.78. The van der Waals surface area contributed by atoms with Crippen molar-refractivity contribution >= 4 is 57.5 Å². The van der Waals surface area contributed by atoms with Gasteiger partial charge in [-0.1, -0.05) is 12.1 Å². The Morgan fingerprint density at radius 3 is 2.37 bits per heavy atom. The third-order valence-electron chi connectivity index (χ3n) is 5.76. The zero-order valence-electron chi connectivity index (χ0n) is 18.9. The molecule has 1 saturated heterocycles. The predicted molar refractivity (Wildman–Crippen MR) is 140 cm³/mol. The molecule has 1 aliphatic heterocycles. The van der Waals surface area contributed by atoms with E-state index >= 15 is 0 Å². The maximum atomic E-state index is 12.6. The van der Waals surface area contributed by atoms with Crippen LogP contribution in [0.5, 0.6) is 0 Å². The van der Waals surface area contributed by atoms with Crippen LogP contribution in [-0.4, -0.2) is 52.9 Å². The van der Waals surface area contributed by atoms with Gasteiger partial charge in [0.15, 0.2) is 5.11 Å². The lowest BCUT2D eigenvalue weighted by atomic mass is 10.1. The highest BCUT2D eigenvalue weighted by Gasteiger charge is 2.23. The van der Waals surface area contributed by atoms with Gasteiger partial charge < -0.3 is 15.1 Å². The molecule has 35 heavy (non-hydrogen) atoms. The van der Waals surface area contributed by atoms with Crippen LogP contribution in [0, 0.1) is 17.0 Å². The maximum Gasteiger partial charge on any atom is 0.273 e. The Labute approximate surface area is 211 Å². The van der Waals surface area contributed by atoms with Gasteiger partial charge in [0.2, 0.25) is 0 Å². The molecule has 2 heterocycles. The molecule has 0 spiro atoms. The average molecular weight is 510 g/mol. The summed E-state index contributed by atoms with van der Waals surface area (Å²) in [5.74, 6) is -0.439. The van der Waals surface area contributed by atoms with Crippen molar-refractivity contribution in [1.29, 1.82) is 0 Å². The topological polar surface area (TPSA) is 108 Å². The molecule has 2 aromatic carbocycles.